The van der Waals surface area contributed by atoms with E-state index in [-0.39, 0.29) is 0 Å². The van der Waals surface area contributed by atoms with Crippen LogP contribution in [0, 0.1) is 0 Å². The third-order valence-electron chi connectivity index (χ3n) is 4.77. The molecule has 0 heterocycles. The Morgan fingerprint density at radius 1 is 0.652 bits per heavy atom. The van der Waals surface area contributed by atoms with Crippen molar-refractivity contribution in [2.45, 2.75) is 79.3 Å². The van der Waals surface area contributed by atoms with Gasteiger partial charge in [0, 0.05) is 13.1 Å². The number of rotatable bonds is 14. The molecule has 4 heteroatoms. The molecule has 0 aromatic carbocycles. The number of aliphatic imine (C=N–C) groups is 2. The van der Waals surface area contributed by atoms with E-state index in [1.54, 1.807) is 0 Å². The highest BCUT2D eigenvalue weighted by Crippen LogP contribution is 2.06. The van der Waals surface area contributed by atoms with Crippen LogP contribution in [0.2, 0.25) is 0 Å². The topological polar surface area (TPSA) is 31.2 Å². The van der Waals surface area contributed by atoms with Crippen molar-refractivity contribution in [3.63, 3.8) is 0 Å². The molecule has 0 aromatic heterocycles. The Balaban J connectivity index is 4.39. The molecular weight excluding hydrogens is 284 g/mol. The van der Waals surface area contributed by atoms with E-state index in [4.69, 9.17) is 0 Å². The van der Waals surface area contributed by atoms with Crippen molar-refractivity contribution >= 4 is 6.01 Å². The Morgan fingerprint density at radius 3 is 1.26 bits per heavy atom. The summed E-state index contributed by atoms with van der Waals surface area (Å²) in [6, 6.07) is 3.74. The van der Waals surface area contributed by atoms with Gasteiger partial charge in [0.05, 0.1) is 18.1 Å². The van der Waals surface area contributed by atoms with Gasteiger partial charge in [-0.25, -0.2) is 9.98 Å². The minimum Gasteiger partial charge on any atom is -0.304 e. The summed E-state index contributed by atoms with van der Waals surface area (Å²) in [6.07, 6.45) is 4.36. The highest BCUT2D eigenvalue weighted by atomic mass is 15.1. The molecule has 0 aromatic rings. The second-order valence-electron chi connectivity index (χ2n) is 6.11. The highest BCUT2D eigenvalue weighted by Gasteiger charge is 2.08. The van der Waals surface area contributed by atoms with Gasteiger partial charge in [-0.3, -0.25) is 0 Å². The van der Waals surface area contributed by atoms with Crippen LogP contribution in [-0.4, -0.2) is 67.2 Å². The zero-order chi connectivity index (χ0) is 17.5. The summed E-state index contributed by atoms with van der Waals surface area (Å²) in [7, 11) is 0. The minimum absolute atomic E-state index is 0.361. The fourth-order valence-corrected chi connectivity index (χ4v) is 2.66. The van der Waals surface area contributed by atoms with E-state index in [0.29, 0.717) is 12.1 Å². The molecule has 0 aliphatic carbocycles. The van der Waals surface area contributed by atoms with Gasteiger partial charge in [-0.05, 0) is 51.9 Å². The van der Waals surface area contributed by atoms with Gasteiger partial charge < -0.3 is 9.80 Å². The first-order valence-corrected chi connectivity index (χ1v) is 9.74. The predicted molar refractivity (Wildman–Crippen MR) is 103 cm³/mol. The molecule has 0 spiro atoms. The molecule has 0 rings (SSSR count). The smallest absolute Gasteiger partial charge is 0.0898 e. The largest absolute Gasteiger partial charge is 0.304 e. The summed E-state index contributed by atoms with van der Waals surface area (Å²) in [4.78, 5) is 14.1. The van der Waals surface area contributed by atoms with E-state index in [2.05, 4.69) is 67.3 Å². The van der Waals surface area contributed by atoms with Gasteiger partial charge in [0.15, 0.2) is 0 Å². The minimum atomic E-state index is 0.361. The fraction of sp³-hybridized carbons (Fsp3) is 0.947. The summed E-state index contributed by atoms with van der Waals surface area (Å²) < 4.78 is 0. The van der Waals surface area contributed by atoms with Crippen LogP contribution < -0.4 is 0 Å². The standard InChI is InChI=1S/C19H40N4/c1-7-18(13-15-22(9-3)10-4)20-17-21-19(8-2)14-16-23(11-5)12-6/h18-19H,7-16H2,1-6H3. The molecule has 0 bridgehead atoms. The van der Waals surface area contributed by atoms with Gasteiger partial charge >= 0.3 is 0 Å². The fourth-order valence-electron chi connectivity index (χ4n) is 2.66. The van der Waals surface area contributed by atoms with E-state index < -0.39 is 0 Å². The molecule has 23 heavy (non-hydrogen) atoms. The average molecular weight is 325 g/mol. The normalized spacial score (nSPS) is 13.9. The average Bonchev–Trinajstić information content (AvgIpc) is 2.59. The van der Waals surface area contributed by atoms with Gasteiger partial charge in [0.2, 0.25) is 0 Å². The molecule has 4 nitrogen and oxygen atoms in total. The predicted octanol–water partition coefficient (Wildman–Crippen LogP) is 4.18. The molecule has 136 valence electrons. The molecule has 2 unspecified atom stereocenters. The Bertz CT molecular complexity index is 287. The molecular formula is C19H40N4. The van der Waals surface area contributed by atoms with Gasteiger partial charge in [0.1, 0.15) is 0 Å². The van der Waals surface area contributed by atoms with E-state index >= 15 is 0 Å². The van der Waals surface area contributed by atoms with Gasteiger partial charge in [-0.2, -0.15) is 0 Å². The van der Waals surface area contributed by atoms with Crippen LogP contribution >= 0.6 is 0 Å². The molecule has 0 N–H and O–H groups in total. The first-order valence-electron chi connectivity index (χ1n) is 9.74. The van der Waals surface area contributed by atoms with Crippen molar-refractivity contribution in [1.29, 1.82) is 0 Å². The lowest BCUT2D eigenvalue weighted by molar-refractivity contribution is 0.288. The third kappa shape index (κ3) is 10.6. The Kier molecular flexibility index (Phi) is 14.4. The molecule has 0 fully saturated rings. The van der Waals surface area contributed by atoms with E-state index in [9.17, 15) is 0 Å². The Labute approximate surface area is 145 Å². The van der Waals surface area contributed by atoms with E-state index in [0.717, 1.165) is 65.0 Å². The van der Waals surface area contributed by atoms with Crippen molar-refractivity contribution < 1.29 is 0 Å². The molecule has 0 radical (unpaired) electrons. The van der Waals surface area contributed by atoms with Gasteiger partial charge in [-0.15, -0.1) is 0 Å². The molecule has 0 saturated carbocycles. The van der Waals surface area contributed by atoms with Crippen molar-refractivity contribution in [1.82, 2.24) is 9.80 Å². The molecule has 0 amide bonds. The lowest BCUT2D eigenvalue weighted by Gasteiger charge is -2.20. The van der Waals surface area contributed by atoms with Crippen molar-refractivity contribution in [2.75, 3.05) is 39.3 Å². The zero-order valence-electron chi connectivity index (χ0n) is 16.5. The maximum Gasteiger partial charge on any atom is 0.0898 e. The van der Waals surface area contributed by atoms with Crippen LogP contribution in [-0.2, 0) is 0 Å². The lowest BCUT2D eigenvalue weighted by Crippen LogP contribution is -2.26. The van der Waals surface area contributed by atoms with E-state index in [1.165, 1.54) is 0 Å². The summed E-state index contributed by atoms with van der Waals surface area (Å²) in [5.41, 5.74) is 0. The Morgan fingerprint density at radius 2 is 1.00 bits per heavy atom. The van der Waals surface area contributed by atoms with Gasteiger partial charge in [-0.1, -0.05) is 41.5 Å². The maximum absolute atomic E-state index is 4.58. The second kappa shape index (κ2) is 14.9. The summed E-state index contributed by atoms with van der Waals surface area (Å²) in [6.45, 7) is 20.0. The molecule has 0 aliphatic heterocycles. The first kappa shape index (κ1) is 22.3. The van der Waals surface area contributed by atoms with Crippen molar-refractivity contribution in [2.24, 2.45) is 9.98 Å². The van der Waals surface area contributed by atoms with Crippen LogP contribution in [0.25, 0.3) is 0 Å². The lowest BCUT2D eigenvalue weighted by atomic mass is 10.1. The number of hydrogen-bond acceptors (Lipinski definition) is 4. The molecule has 2 atom stereocenters. The second-order valence-corrected chi connectivity index (χ2v) is 6.11. The summed E-state index contributed by atoms with van der Waals surface area (Å²) in [5.74, 6) is 0. The Hall–Kier alpha value is -0.700. The quantitative estimate of drug-likeness (QED) is 0.449. The maximum atomic E-state index is 4.58. The number of nitrogens with zero attached hydrogens (tertiary/aromatic N) is 4. The van der Waals surface area contributed by atoms with Crippen LogP contribution in [0.1, 0.15) is 67.2 Å². The third-order valence-corrected chi connectivity index (χ3v) is 4.77. The van der Waals surface area contributed by atoms with Crippen LogP contribution in [0.5, 0.6) is 0 Å². The van der Waals surface area contributed by atoms with E-state index in [1.807, 2.05) is 0 Å². The molecule has 0 saturated heterocycles. The van der Waals surface area contributed by atoms with Crippen molar-refractivity contribution in [3.8, 4) is 0 Å². The van der Waals surface area contributed by atoms with Crippen molar-refractivity contribution in [3.05, 3.63) is 0 Å². The van der Waals surface area contributed by atoms with Crippen LogP contribution in [0.15, 0.2) is 9.98 Å². The highest BCUT2D eigenvalue weighted by molar-refractivity contribution is 5.42. The van der Waals surface area contributed by atoms with Gasteiger partial charge in [0.25, 0.3) is 0 Å². The zero-order valence-corrected chi connectivity index (χ0v) is 16.5. The van der Waals surface area contributed by atoms with Crippen LogP contribution in [0.3, 0.4) is 0 Å². The molecule has 0 aliphatic rings. The first-order chi connectivity index (χ1) is 11.1. The summed E-state index contributed by atoms with van der Waals surface area (Å²) in [5, 5.41) is 0. The summed E-state index contributed by atoms with van der Waals surface area (Å²) >= 11 is 0. The monoisotopic (exact) mass is 324 g/mol. The SMILES string of the molecule is CCC(CCN(CC)CC)N=C=NC(CC)CCN(CC)CC. The van der Waals surface area contributed by atoms with Crippen LogP contribution in [0.4, 0.5) is 0 Å². The number of hydrogen-bond donors (Lipinski definition) is 0.